The molecule has 34 heavy (non-hydrogen) atoms. The molecule has 0 bridgehead atoms. The number of halogens is 2. The molecule has 1 aliphatic rings. The number of carbonyl (C=O) groups is 2. The van der Waals surface area contributed by atoms with Gasteiger partial charge in [-0.05, 0) is 48.9 Å². The zero-order valence-electron chi connectivity index (χ0n) is 20.2. The van der Waals surface area contributed by atoms with Crippen LogP contribution in [0.1, 0.15) is 69.9 Å². The molecule has 184 valence electrons. The fourth-order valence-electron chi connectivity index (χ4n) is 4.45. The van der Waals surface area contributed by atoms with Gasteiger partial charge in [0.15, 0.2) is 6.61 Å². The van der Waals surface area contributed by atoms with Crippen LogP contribution in [0.5, 0.6) is 5.75 Å². The Balaban J connectivity index is 1.84. The second-order valence-electron chi connectivity index (χ2n) is 9.12. The van der Waals surface area contributed by atoms with Gasteiger partial charge in [0.05, 0.1) is 0 Å². The van der Waals surface area contributed by atoms with E-state index in [-0.39, 0.29) is 36.9 Å². The Hall–Kier alpha value is -2.24. The lowest BCUT2D eigenvalue weighted by atomic mass is 10.0. The van der Waals surface area contributed by atoms with E-state index >= 15 is 0 Å². The Morgan fingerprint density at radius 1 is 1.06 bits per heavy atom. The Kier molecular flexibility index (Phi) is 9.66. The lowest BCUT2D eigenvalue weighted by Crippen LogP contribution is -2.52. The van der Waals surface area contributed by atoms with Crippen LogP contribution in [-0.2, 0) is 16.1 Å². The van der Waals surface area contributed by atoms with Crippen molar-refractivity contribution in [3.8, 4) is 5.75 Å². The van der Waals surface area contributed by atoms with E-state index in [9.17, 15) is 9.59 Å². The molecule has 1 atom stereocenters. The minimum Gasteiger partial charge on any atom is -0.483 e. The third-order valence-corrected chi connectivity index (χ3v) is 7.08. The van der Waals surface area contributed by atoms with Gasteiger partial charge >= 0.3 is 0 Å². The number of benzene rings is 2. The topological polar surface area (TPSA) is 58.6 Å². The third-order valence-electron chi connectivity index (χ3n) is 6.37. The van der Waals surface area contributed by atoms with Crippen molar-refractivity contribution in [3.63, 3.8) is 0 Å². The third kappa shape index (κ3) is 6.67. The molecule has 2 aromatic rings. The smallest absolute Gasteiger partial charge is 0.261 e. The molecule has 1 saturated carbocycles. The van der Waals surface area contributed by atoms with Crippen molar-refractivity contribution in [2.24, 2.45) is 0 Å². The first-order valence-electron chi connectivity index (χ1n) is 12.1. The minimum absolute atomic E-state index is 0.128. The summed E-state index contributed by atoms with van der Waals surface area (Å²) in [5, 5.41) is 4.06. The first kappa shape index (κ1) is 26.4. The highest BCUT2D eigenvalue weighted by atomic mass is 35.5. The number of ether oxygens (including phenoxy) is 1. The fourth-order valence-corrected chi connectivity index (χ4v) is 4.97. The van der Waals surface area contributed by atoms with Crippen molar-refractivity contribution in [2.75, 3.05) is 6.61 Å². The predicted molar refractivity (Wildman–Crippen MR) is 138 cm³/mol. The van der Waals surface area contributed by atoms with Crippen molar-refractivity contribution in [1.82, 2.24) is 10.2 Å². The molecule has 5 nitrogen and oxygen atoms in total. The summed E-state index contributed by atoms with van der Waals surface area (Å²) in [6, 6.07) is 12.4. The van der Waals surface area contributed by atoms with E-state index in [1.54, 1.807) is 23.1 Å². The molecule has 0 spiro atoms. The highest BCUT2D eigenvalue weighted by molar-refractivity contribution is 6.36. The van der Waals surface area contributed by atoms with Gasteiger partial charge in [-0.25, -0.2) is 0 Å². The van der Waals surface area contributed by atoms with E-state index in [0.717, 1.165) is 31.2 Å². The summed E-state index contributed by atoms with van der Waals surface area (Å²) in [4.78, 5) is 28.3. The zero-order chi connectivity index (χ0) is 24.7. The van der Waals surface area contributed by atoms with Gasteiger partial charge in [-0.2, -0.15) is 0 Å². The van der Waals surface area contributed by atoms with Crippen LogP contribution in [0.4, 0.5) is 0 Å². The van der Waals surface area contributed by atoms with Crippen molar-refractivity contribution in [2.45, 2.75) is 77.4 Å². The van der Waals surface area contributed by atoms with Crippen molar-refractivity contribution < 1.29 is 14.3 Å². The second kappa shape index (κ2) is 12.5. The highest BCUT2D eigenvalue weighted by Gasteiger charge is 2.31. The quantitative estimate of drug-likeness (QED) is 0.409. The zero-order valence-corrected chi connectivity index (χ0v) is 21.7. The van der Waals surface area contributed by atoms with Crippen molar-refractivity contribution in [1.29, 1.82) is 0 Å². The molecule has 1 N–H and O–H groups in total. The second-order valence-corrected chi connectivity index (χ2v) is 9.93. The molecule has 1 aliphatic carbocycles. The maximum atomic E-state index is 13.5. The largest absolute Gasteiger partial charge is 0.483 e. The molecule has 0 unspecified atom stereocenters. The molecular formula is C27H34Cl2N2O3. The maximum Gasteiger partial charge on any atom is 0.261 e. The molecule has 3 rings (SSSR count). The van der Waals surface area contributed by atoms with Gasteiger partial charge in [0, 0.05) is 28.2 Å². The van der Waals surface area contributed by atoms with Crippen LogP contribution in [0.2, 0.25) is 10.0 Å². The van der Waals surface area contributed by atoms with E-state index in [0.29, 0.717) is 27.8 Å². The van der Waals surface area contributed by atoms with Gasteiger partial charge in [-0.3, -0.25) is 9.59 Å². The van der Waals surface area contributed by atoms with Crippen LogP contribution in [-0.4, -0.2) is 35.4 Å². The number of para-hydroxylation sites is 1. The molecular weight excluding hydrogens is 471 g/mol. The molecule has 0 aromatic heterocycles. The summed E-state index contributed by atoms with van der Waals surface area (Å²) >= 11 is 12.8. The summed E-state index contributed by atoms with van der Waals surface area (Å²) in [5.41, 5.74) is 1.65. The summed E-state index contributed by atoms with van der Waals surface area (Å²) in [6.45, 7) is 6.01. The summed E-state index contributed by atoms with van der Waals surface area (Å²) in [6.07, 6.45) is 4.64. The monoisotopic (exact) mass is 504 g/mol. The number of carbonyl (C=O) groups excluding carboxylic acids is 2. The maximum absolute atomic E-state index is 13.5. The van der Waals surface area contributed by atoms with Crippen LogP contribution in [0.3, 0.4) is 0 Å². The number of amides is 2. The van der Waals surface area contributed by atoms with Gasteiger partial charge in [-0.1, -0.05) is 81.1 Å². The Labute approximate surface area is 212 Å². The van der Waals surface area contributed by atoms with Crippen LogP contribution >= 0.6 is 23.2 Å². The summed E-state index contributed by atoms with van der Waals surface area (Å²) < 4.78 is 5.96. The average molecular weight is 505 g/mol. The number of nitrogens with one attached hydrogen (secondary N) is 1. The SMILES string of the molecule is CC[C@@H](C(=O)NC1CCCC1)N(Cc1c(Cl)cccc1Cl)C(=O)COc1ccccc1C(C)C. The van der Waals surface area contributed by atoms with Gasteiger partial charge in [0.2, 0.25) is 5.91 Å². The summed E-state index contributed by atoms with van der Waals surface area (Å²) in [7, 11) is 0. The first-order chi connectivity index (χ1) is 16.3. The van der Waals surface area contributed by atoms with Crippen molar-refractivity contribution >= 4 is 35.0 Å². The molecule has 2 amide bonds. The number of rotatable bonds is 10. The van der Waals surface area contributed by atoms with E-state index in [2.05, 4.69) is 19.2 Å². The van der Waals surface area contributed by atoms with Gasteiger partial charge in [0.1, 0.15) is 11.8 Å². The summed E-state index contributed by atoms with van der Waals surface area (Å²) in [5.74, 6) is 0.492. The molecule has 0 saturated heterocycles. The lowest BCUT2D eigenvalue weighted by Gasteiger charge is -2.32. The van der Waals surface area contributed by atoms with E-state index in [1.807, 2.05) is 31.2 Å². The van der Waals surface area contributed by atoms with Crippen LogP contribution in [0, 0.1) is 0 Å². The average Bonchev–Trinajstić information content (AvgIpc) is 3.32. The van der Waals surface area contributed by atoms with E-state index in [1.165, 1.54) is 0 Å². The van der Waals surface area contributed by atoms with E-state index in [4.69, 9.17) is 27.9 Å². The first-order valence-corrected chi connectivity index (χ1v) is 12.8. The predicted octanol–water partition coefficient (Wildman–Crippen LogP) is 6.36. The molecule has 2 aromatic carbocycles. The lowest BCUT2D eigenvalue weighted by molar-refractivity contribution is -0.143. The molecule has 7 heteroatoms. The number of hydrogen-bond acceptors (Lipinski definition) is 3. The Morgan fingerprint density at radius 3 is 2.32 bits per heavy atom. The highest BCUT2D eigenvalue weighted by Crippen LogP contribution is 2.29. The fraction of sp³-hybridized carbons (Fsp3) is 0.481. The van der Waals surface area contributed by atoms with Crippen LogP contribution in [0.15, 0.2) is 42.5 Å². The van der Waals surface area contributed by atoms with Gasteiger partial charge < -0.3 is 15.0 Å². The number of nitrogens with zero attached hydrogens (tertiary/aromatic N) is 1. The van der Waals surface area contributed by atoms with E-state index < -0.39 is 6.04 Å². The minimum atomic E-state index is -0.649. The standard InChI is InChI=1S/C27H34Cl2N2O3/c1-4-24(27(33)30-19-10-5-6-11-19)31(16-21-22(28)13-9-14-23(21)29)26(32)17-34-25-15-8-7-12-20(25)18(2)3/h7-9,12-15,18-19,24H,4-6,10-11,16-17H2,1-3H3,(H,30,33)/t24-/m0/s1. The van der Waals surface area contributed by atoms with Crippen LogP contribution < -0.4 is 10.1 Å². The van der Waals surface area contributed by atoms with Gasteiger partial charge in [-0.15, -0.1) is 0 Å². The number of hydrogen-bond donors (Lipinski definition) is 1. The van der Waals surface area contributed by atoms with Gasteiger partial charge in [0.25, 0.3) is 5.91 Å². The molecule has 0 radical (unpaired) electrons. The van der Waals surface area contributed by atoms with Crippen molar-refractivity contribution in [3.05, 3.63) is 63.6 Å². The molecule has 0 aliphatic heterocycles. The Morgan fingerprint density at radius 2 is 1.71 bits per heavy atom. The van der Waals surface area contributed by atoms with Crippen LogP contribution in [0.25, 0.3) is 0 Å². The normalized spacial score (nSPS) is 14.8. The molecule has 0 heterocycles. The molecule has 1 fully saturated rings. The Bertz CT molecular complexity index is 969.